The van der Waals surface area contributed by atoms with Crippen LogP contribution in [0.5, 0.6) is 0 Å². The van der Waals surface area contributed by atoms with E-state index >= 15 is 0 Å². The van der Waals surface area contributed by atoms with E-state index in [2.05, 4.69) is 24.8 Å². The summed E-state index contributed by atoms with van der Waals surface area (Å²) < 4.78 is 0. The zero-order valence-corrected chi connectivity index (χ0v) is 18.1. The molecule has 6 heteroatoms. The molecule has 0 saturated carbocycles. The van der Waals surface area contributed by atoms with Gasteiger partial charge in [0, 0.05) is 44.1 Å². The lowest BCUT2D eigenvalue weighted by molar-refractivity contribution is -0.135. The van der Waals surface area contributed by atoms with Crippen LogP contribution in [0, 0.1) is 11.8 Å². The second-order valence-corrected chi connectivity index (χ2v) is 10.2. The van der Waals surface area contributed by atoms with Crippen LogP contribution >= 0.6 is 11.3 Å². The first kappa shape index (κ1) is 19.9. The summed E-state index contributed by atoms with van der Waals surface area (Å²) in [4.78, 5) is 34.2. The van der Waals surface area contributed by atoms with Gasteiger partial charge in [-0.15, -0.1) is 11.3 Å². The Balaban J connectivity index is 1.28. The van der Waals surface area contributed by atoms with Crippen LogP contribution in [-0.2, 0) is 17.6 Å². The minimum atomic E-state index is 0.184. The quantitative estimate of drug-likeness (QED) is 0.779. The molecule has 1 aliphatic carbocycles. The predicted molar refractivity (Wildman–Crippen MR) is 113 cm³/mol. The molecule has 3 heterocycles. The molecule has 2 unspecified atom stereocenters. The van der Waals surface area contributed by atoms with Crippen LogP contribution in [0.2, 0.25) is 0 Å². The molecule has 0 spiro atoms. The Kier molecular flexibility index (Phi) is 6.07. The third kappa shape index (κ3) is 4.43. The normalized spacial score (nSPS) is 26.2. The van der Waals surface area contributed by atoms with Gasteiger partial charge in [0.2, 0.25) is 5.91 Å². The molecule has 3 aliphatic rings. The Hall–Kier alpha value is -1.40. The topological polar surface area (TPSA) is 43.9 Å². The number of fused-ring (bicyclic) bond motifs is 1. The van der Waals surface area contributed by atoms with Gasteiger partial charge >= 0.3 is 0 Å². The summed E-state index contributed by atoms with van der Waals surface area (Å²) in [6, 6.07) is 2.14. The lowest BCUT2D eigenvalue weighted by Gasteiger charge is -2.38. The monoisotopic (exact) mass is 403 g/mol. The van der Waals surface area contributed by atoms with Gasteiger partial charge in [0.25, 0.3) is 5.91 Å². The predicted octanol–water partition coefficient (Wildman–Crippen LogP) is 2.89. The van der Waals surface area contributed by atoms with Crippen LogP contribution in [-0.4, -0.2) is 72.3 Å². The van der Waals surface area contributed by atoms with Crippen LogP contribution in [0.4, 0.5) is 0 Å². The molecule has 4 rings (SSSR count). The number of hydrogen-bond donors (Lipinski definition) is 0. The van der Waals surface area contributed by atoms with Crippen molar-refractivity contribution in [1.29, 1.82) is 0 Å². The van der Waals surface area contributed by atoms with Gasteiger partial charge in [-0.1, -0.05) is 13.8 Å². The van der Waals surface area contributed by atoms with Crippen molar-refractivity contribution in [2.45, 2.75) is 46.0 Å². The maximum absolute atomic E-state index is 12.9. The highest BCUT2D eigenvalue weighted by Crippen LogP contribution is 2.30. The van der Waals surface area contributed by atoms with Crippen molar-refractivity contribution in [3.63, 3.8) is 0 Å². The van der Waals surface area contributed by atoms with E-state index in [1.54, 1.807) is 11.3 Å². The van der Waals surface area contributed by atoms with Crippen molar-refractivity contribution in [1.82, 2.24) is 14.7 Å². The highest BCUT2D eigenvalue weighted by molar-refractivity contribution is 7.14. The van der Waals surface area contributed by atoms with Gasteiger partial charge in [0.15, 0.2) is 0 Å². The fourth-order valence-corrected chi connectivity index (χ4v) is 6.24. The average molecular weight is 404 g/mol. The van der Waals surface area contributed by atoms with Crippen LogP contribution in [0.1, 0.15) is 53.2 Å². The summed E-state index contributed by atoms with van der Waals surface area (Å²) in [5.74, 6) is 1.63. The van der Waals surface area contributed by atoms with Crippen molar-refractivity contribution < 1.29 is 9.59 Å². The smallest absolute Gasteiger partial charge is 0.264 e. The fraction of sp³-hybridized carbons (Fsp3) is 0.727. The van der Waals surface area contributed by atoms with Gasteiger partial charge in [-0.05, 0) is 55.6 Å². The minimum Gasteiger partial charge on any atom is -0.341 e. The second-order valence-electron chi connectivity index (χ2n) is 9.08. The van der Waals surface area contributed by atoms with Gasteiger partial charge in [-0.3, -0.25) is 14.5 Å². The zero-order valence-electron chi connectivity index (χ0n) is 17.3. The van der Waals surface area contributed by atoms with Crippen molar-refractivity contribution in [3.8, 4) is 0 Å². The molecular formula is C22H33N3O2S. The van der Waals surface area contributed by atoms with E-state index in [9.17, 15) is 9.59 Å². The Morgan fingerprint density at radius 3 is 2.36 bits per heavy atom. The summed E-state index contributed by atoms with van der Waals surface area (Å²) in [5.41, 5.74) is 1.40. The van der Waals surface area contributed by atoms with Crippen LogP contribution in [0.3, 0.4) is 0 Å². The minimum absolute atomic E-state index is 0.184. The second kappa shape index (κ2) is 8.54. The summed E-state index contributed by atoms with van der Waals surface area (Å²) in [5, 5.41) is 0. The molecule has 154 valence electrons. The van der Waals surface area contributed by atoms with Gasteiger partial charge in [0.1, 0.15) is 0 Å². The first-order chi connectivity index (χ1) is 13.5. The number of likely N-dealkylation sites (tertiary alicyclic amines) is 1. The number of carbonyl (C=O) groups excluding carboxylic acids is 2. The zero-order chi connectivity index (χ0) is 19.7. The van der Waals surface area contributed by atoms with Gasteiger partial charge in [-0.25, -0.2) is 0 Å². The molecule has 2 atom stereocenters. The molecular weight excluding hydrogens is 370 g/mol. The molecule has 5 nitrogen and oxygen atoms in total. The van der Waals surface area contributed by atoms with Crippen LogP contribution in [0.25, 0.3) is 0 Å². The molecule has 0 bridgehead atoms. The molecule has 2 fully saturated rings. The third-order valence-electron chi connectivity index (χ3n) is 6.45. The first-order valence-corrected chi connectivity index (χ1v) is 11.7. The lowest BCUT2D eigenvalue weighted by Crippen LogP contribution is -2.52. The molecule has 0 N–H and O–H groups in total. The van der Waals surface area contributed by atoms with E-state index in [-0.39, 0.29) is 11.8 Å². The lowest BCUT2D eigenvalue weighted by atomic mass is 9.92. The SMILES string of the molecule is CC1CC(C)CN(C(=O)CN2CCN(C(=O)c3cc4c(s3)CCCC4)CC2)C1. The maximum Gasteiger partial charge on any atom is 0.264 e. The fourth-order valence-electron chi connectivity index (χ4n) is 5.02. The van der Waals surface area contributed by atoms with E-state index in [0.29, 0.717) is 18.4 Å². The number of hydrogen-bond acceptors (Lipinski definition) is 4. The van der Waals surface area contributed by atoms with Crippen molar-refractivity contribution in [2.24, 2.45) is 11.8 Å². The van der Waals surface area contributed by atoms with Crippen molar-refractivity contribution in [3.05, 3.63) is 21.4 Å². The molecule has 1 aromatic heterocycles. The van der Waals surface area contributed by atoms with Crippen molar-refractivity contribution >= 4 is 23.2 Å². The first-order valence-electron chi connectivity index (χ1n) is 10.9. The van der Waals surface area contributed by atoms with E-state index < -0.39 is 0 Å². The van der Waals surface area contributed by atoms with Gasteiger partial charge in [0.05, 0.1) is 11.4 Å². The van der Waals surface area contributed by atoms with E-state index in [4.69, 9.17) is 0 Å². The number of thiophene rings is 1. The van der Waals surface area contributed by atoms with Crippen molar-refractivity contribution in [2.75, 3.05) is 45.8 Å². The van der Waals surface area contributed by atoms with Gasteiger partial charge < -0.3 is 9.80 Å². The number of piperidine rings is 1. The highest BCUT2D eigenvalue weighted by Gasteiger charge is 2.29. The largest absolute Gasteiger partial charge is 0.341 e. The molecule has 2 amide bonds. The number of piperazine rings is 1. The summed E-state index contributed by atoms with van der Waals surface area (Å²) >= 11 is 1.70. The maximum atomic E-state index is 12.9. The Labute approximate surface area is 172 Å². The summed E-state index contributed by atoms with van der Waals surface area (Å²) in [6.45, 7) is 9.79. The number of aryl methyl sites for hydroxylation is 2. The Morgan fingerprint density at radius 2 is 1.68 bits per heavy atom. The molecule has 2 saturated heterocycles. The standard InChI is InChI=1S/C22H33N3O2S/c1-16-11-17(2)14-25(13-16)21(26)15-23-7-9-24(10-8-23)22(27)20-12-18-5-3-4-6-19(18)28-20/h12,16-17H,3-11,13-15H2,1-2H3. The number of amides is 2. The number of carbonyl (C=O) groups is 2. The highest BCUT2D eigenvalue weighted by atomic mass is 32.1. The molecule has 2 aliphatic heterocycles. The Bertz CT molecular complexity index is 690. The molecule has 1 aromatic rings. The van der Waals surface area contributed by atoms with Crippen LogP contribution in [0.15, 0.2) is 6.07 Å². The summed E-state index contributed by atoms with van der Waals surface area (Å²) in [7, 11) is 0. The Morgan fingerprint density at radius 1 is 1.00 bits per heavy atom. The molecule has 0 aromatic carbocycles. The van der Waals surface area contributed by atoms with Crippen LogP contribution < -0.4 is 0 Å². The summed E-state index contributed by atoms with van der Waals surface area (Å²) in [6.07, 6.45) is 5.98. The van der Waals surface area contributed by atoms with E-state index in [0.717, 1.165) is 57.0 Å². The number of nitrogens with zero attached hydrogens (tertiary/aromatic N) is 3. The third-order valence-corrected chi connectivity index (χ3v) is 7.67. The average Bonchev–Trinajstić information content (AvgIpc) is 3.11. The van der Waals surface area contributed by atoms with E-state index in [1.807, 2.05) is 9.80 Å². The van der Waals surface area contributed by atoms with E-state index in [1.165, 1.54) is 29.7 Å². The van der Waals surface area contributed by atoms with Gasteiger partial charge in [-0.2, -0.15) is 0 Å². The number of rotatable bonds is 3. The molecule has 0 radical (unpaired) electrons. The molecule has 28 heavy (non-hydrogen) atoms.